The molecule has 1 saturated carbocycles. The van der Waals surface area contributed by atoms with Crippen molar-refractivity contribution >= 4 is 5.97 Å². The first kappa shape index (κ1) is 25.5. The topological polar surface area (TPSA) is 98.0 Å². The average Bonchev–Trinajstić information content (AvgIpc) is 2.94. The van der Waals surface area contributed by atoms with Crippen molar-refractivity contribution in [2.75, 3.05) is 0 Å². The summed E-state index contributed by atoms with van der Waals surface area (Å²) in [6, 6.07) is 0. The van der Waals surface area contributed by atoms with Gasteiger partial charge in [0.1, 0.15) is 0 Å². The Bertz CT molecular complexity index is 565. The molecule has 0 saturated heterocycles. The van der Waals surface area contributed by atoms with Gasteiger partial charge in [-0.05, 0) is 0 Å². The zero-order valence-electron chi connectivity index (χ0n) is 17.2. The van der Waals surface area contributed by atoms with E-state index in [9.17, 15) is 18.4 Å². The Balaban J connectivity index is 1.82. The molecule has 2 aliphatic carbocycles. The fourth-order valence-electron chi connectivity index (χ4n) is 4.26. The van der Waals surface area contributed by atoms with Crippen LogP contribution in [0.25, 0.3) is 0 Å². The van der Waals surface area contributed by atoms with Crippen LogP contribution in [0.3, 0.4) is 0 Å². The molecule has 29 heavy (non-hydrogen) atoms. The second-order valence-corrected chi connectivity index (χ2v) is 13.2. The Labute approximate surface area is 196 Å². The molecule has 0 amide bonds. The Morgan fingerprint density at radius 2 is 2.10 bits per heavy atom. The monoisotopic (exact) mass is 634 g/mol. The number of aliphatic carboxylic acids is 1. The van der Waals surface area contributed by atoms with Crippen LogP contribution in [0.5, 0.6) is 0 Å². The minimum absolute atomic E-state index is 0.00532. The van der Waals surface area contributed by atoms with E-state index in [0.29, 0.717) is 32.1 Å². The summed E-state index contributed by atoms with van der Waals surface area (Å²) in [6.07, 6.45) is 12.0. The predicted octanol–water partition coefficient (Wildman–Crippen LogP) is -2.56. The van der Waals surface area contributed by atoms with Gasteiger partial charge in [0.05, 0.1) is 0 Å². The van der Waals surface area contributed by atoms with Crippen LogP contribution in [0.2, 0.25) is 0 Å². The molecule has 0 aromatic rings. The molecule has 0 spiro atoms. The van der Waals surface area contributed by atoms with E-state index in [2.05, 4.69) is 23.2 Å². The number of hydrogen-bond donors (Lipinski definition) is 4. The SMILES string of the molecule is CCCC[C@@H]1C=C([I-]/C=C/[C@H]2C([I-]O)CC(O)C2CC(O)CCCCC(=O)O)C1. The number of carboxylic acids is 1. The van der Waals surface area contributed by atoms with Crippen LogP contribution in [0.4, 0.5) is 0 Å². The molecule has 1 fully saturated rings. The van der Waals surface area contributed by atoms with Crippen molar-refractivity contribution in [3.63, 3.8) is 0 Å². The van der Waals surface area contributed by atoms with Gasteiger partial charge in [-0.15, -0.1) is 0 Å². The number of hydrogen-bond acceptors (Lipinski definition) is 4. The van der Waals surface area contributed by atoms with Crippen molar-refractivity contribution in [3.05, 3.63) is 19.8 Å². The first-order chi connectivity index (χ1) is 13.9. The quantitative estimate of drug-likeness (QED) is 0.0959. The number of carboxylic acid groups (broad SMARTS) is 1. The number of aliphatic hydroxyl groups is 2. The number of alkyl halides is 1. The summed E-state index contributed by atoms with van der Waals surface area (Å²) in [5, 5.41) is 29.6. The molecule has 0 radical (unpaired) electrons. The van der Waals surface area contributed by atoms with Crippen LogP contribution >= 0.6 is 0 Å². The zero-order valence-corrected chi connectivity index (χ0v) is 21.5. The molecule has 2 rings (SSSR count). The Morgan fingerprint density at radius 3 is 2.76 bits per heavy atom. The molecule has 5 nitrogen and oxygen atoms in total. The van der Waals surface area contributed by atoms with Crippen molar-refractivity contribution in [2.45, 2.75) is 87.3 Å². The second kappa shape index (κ2) is 13.6. The van der Waals surface area contributed by atoms with Crippen LogP contribution in [0.15, 0.2) is 19.8 Å². The van der Waals surface area contributed by atoms with Crippen LogP contribution in [0.1, 0.15) is 71.1 Å². The number of aliphatic hydroxyl groups excluding tert-OH is 2. The van der Waals surface area contributed by atoms with Crippen LogP contribution in [-0.4, -0.2) is 40.9 Å². The summed E-state index contributed by atoms with van der Waals surface area (Å²) in [7, 11) is 0. The molecule has 2 aliphatic rings. The molecule has 4 unspecified atom stereocenters. The van der Waals surface area contributed by atoms with Crippen molar-refractivity contribution in [1.82, 2.24) is 0 Å². The maximum absolute atomic E-state index is 10.6. The fraction of sp³-hybridized carbons (Fsp3) is 0.773. The molecular weight excluding hydrogens is 598 g/mol. The summed E-state index contributed by atoms with van der Waals surface area (Å²) in [5.41, 5.74) is 0. The summed E-state index contributed by atoms with van der Waals surface area (Å²) in [6.45, 7) is 2.23. The van der Waals surface area contributed by atoms with Crippen molar-refractivity contribution in [3.8, 4) is 0 Å². The average molecular weight is 634 g/mol. The van der Waals surface area contributed by atoms with E-state index in [1.807, 2.05) is 0 Å². The van der Waals surface area contributed by atoms with E-state index >= 15 is 0 Å². The summed E-state index contributed by atoms with van der Waals surface area (Å²) in [4.78, 5) is 10.6. The van der Waals surface area contributed by atoms with E-state index in [0.717, 1.165) is 5.92 Å². The van der Waals surface area contributed by atoms with Gasteiger partial charge in [0.2, 0.25) is 0 Å². The van der Waals surface area contributed by atoms with Gasteiger partial charge in [-0.25, -0.2) is 0 Å². The molecule has 0 aromatic carbocycles. The van der Waals surface area contributed by atoms with Gasteiger partial charge in [-0.1, -0.05) is 0 Å². The molecular formula is C22H36I2O5-2. The van der Waals surface area contributed by atoms with E-state index < -0.39 is 39.8 Å². The maximum atomic E-state index is 10.6. The van der Waals surface area contributed by atoms with Crippen molar-refractivity contribution in [2.24, 2.45) is 17.8 Å². The van der Waals surface area contributed by atoms with Gasteiger partial charge in [0.25, 0.3) is 0 Å². The minimum atomic E-state index is -0.937. The van der Waals surface area contributed by atoms with Crippen LogP contribution in [0, 0.1) is 17.8 Å². The third kappa shape index (κ3) is 8.74. The number of unbranched alkanes of at least 4 members (excludes halogenated alkanes) is 2. The van der Waals surface area contributed by atoms with E-state index in [-0.39, 0.29) is 43.4 Å². The molecule has 0 aromatic heterocycles. The third-order valence-electron chi connectivity index (χ3n) is 6.02. The second-order valence-electron chi connectivity index (χ2n) is 8.33. The van der Waals surface area contributed by atoms with Gasteiger partial charge >= 0.3 is 197 Å². The molecule has 0 bridgehead atoms. The number of rotatable bonds is 14. The van der Waals surface area contributed by atoms with E-state index in [1.54, 1.807) is 3.58 Å². The Morgan fingerprint density at radius 1 is 1.34 bits per heavy atom. The third-order valence-corrected chi connectivity index (χ3v) is 10.5. The van der Waals surface area contributed by atoms with Gasteiger partial charge in [-0.3, -0.25) is 0 Å². The predicted molar refractivity (Wildman–Crippen MR) is 105 cm³/mol. The number of allylic oxidation sites excluding steroid dienone is 3. The summed E-state index contributed by atoms with van der Waals surface area (Å²) >= 11 is -1.04. The standard InChI is InChI=1S/C22H36I2O5/c1-2-3-6-15-11-16(12-15)23-10-9-18-19(21(26)14-20(18)24-29)13-17(25)7-4-5-8-22(27)28/h9-11,15,17-21,25-26,29H,2-8,12-14H2,1H3,(H,27,28)/q-2/b10-9+/t15-,17?,18-,19?,20?,21?/m1/s1. The zero-order chi connectivity index (χ0) is 21.2. The van der Waals surface area contributed by atoms with Gasteiger partial charge in [0, 0.05) is 0 Å². The van der Waals surface area contributed by atoms with E-state index in [4.69, 9.17) is 5.11 Å². The molecule has 170 valence electrons. The number of halogens is 2. The molecule has 0 aliphatic heterocycles. The van der Waals surface area contributed by atoms with Gasteiger partial charge < -0.3 is 0 Å². The summed E-state index contributed by atoms with van der Waals surface area (Å²) in [5.74, 6) is 0.139. The van der Waals surface area contributed by atoms with Crippen LogP contribution in [-0.2, 0) is 4.79 Å². The molecule has 0 heterocycles. The van der Waals surface area contributed by atoms with Crippen molar-refractivity contribution in [1.29, 1.82) is 0 Å². The van der Waals surface area contributed by atoms with Crippen molar-refractivity contribution < 1.29 is 66.4 Å². The number of carbonyl (C=O) groups is 1. The Hall–Kier alpha value is 0.290. The molecule has 7 heteroatoms. The van der Waals surface area contributed by atoms with Gasteiger partial charge in [0.15, 0.2) is 0 Å². The van der Waals surface area contributed by atoms with Gasteiger partial charge in [-0.2, -0.15) is 0 Å². The van der Waals surface area contributed by atoms with Crippen LogP contribution < -0.4 is 42.8 Å². The first-order valence-electron chi connectivity index (χ1n) is 10.8. The molecule has 6 atom stereocenters. The summed E-state index contributed by atoms with van der Waals surface area (Å²) < 4.78 is 13.9. The van der Waals surface area contributed by atoms with E-state index in [1.165, 1.54) is 25.7 Å². The Kier molecular flexibility index (Phi) is 12.0. The molecule has 4 N–H and O–H groups in total. The normalized spacial score (nSPS) is 30.6. The fourth-order valence-corrected chi connectivity index (χ4v) is 8.84. The first-order valence-corrected chi connectivity index (χ1v) is 15.3.